The Balaban J connectivity index is 1.96. The fourth-order valence-electron chi connectivity index (χ4n) is 1.62. The molecule has 0 fully saturated rings. The molecule has 1 atom stereocenters. The first-order valence-electron chi connectivity index (χ1n) is 5.26. The van der Waals surface area contributed by atoms with Gasteiger partial charge in [0.15, 0.2) is 0 Å². The molecular formula is C12H13F2NO. The fourth-order valence-corrected chi connectivity index (χ4v) is 1.62. The highest BCUT2D eigenvalue weighted by atomic mass is 19.1. The van der Waals surface area contributed by atoms with E-state index in [9.17, 15) is 8.78 Å². The van der Waals surface area contributed by atoms with Crippen LogP contribution >= 0.6 is 0 Å². The van der Waals surface area contributed by atoms with E-state index in [1.807, 2.05) is 6.08 Å². The molecule has 2 nitrogen and oxygen atoms in total. The van der Waals surface area contributed by atoms with Crippen molar-refractivity contribution >= 4 is 5.69 Å². The smallest absolute Gasteiger partial charge is 0.149 e. The number of allylic oxidation sites excluding steroid dienone is 1. The first kappa shape index (κ1) is 10.9. The third kappa shape index (κ3) is 2.51. The van der Waals surface area contributed by atoms with E-state index in [1.165, 1.54) is 18.2 Å². The van der Waals surface area contributed by atoms with Crippen molar-refractivity contribution in [2.75, 3.05) is 11.9 Å². The molecule has 0 aliphatic carbocycles. The monoisotopic (exact) mass is 225 g/mol. The Hall–Kier alpha value is -1.58. The van der Waals surface area contributed by atoms with Crippen LogP contribution in [0.3, 0.4) is 0 Å². The van der Waals surface area contributed by atoms with Gasteiger partial charge in [-0.1, -0.05) is 6.07 Å². The molecule has 1 N–H and O–H groups in total. The number of nitrogens with one attached hydrogen (secondary N) is 1. The van der Waals surface area contributed by atoms with E-state index < -0.39 is 11.6 Å². The highest BCUT2D eigenvalue weighted by Crippen LogP contribution is 2.19. The van der Waals surface area contributed by atoms with Gasteiger partial charge in [-0.15, -0.1) is 0 Å². The van der Waals surface area contributed by atoms with Gasteiger partial charge in [-0.25, -0.2) is 8.78 Å². The van der Waals surface area contributed by atoms with Gasteiger partial charge in [0.2, 0.25) is 0 Å². The van der Waals surface area contributed by atoms with Gasteiger partial charge in [-0.3, -0.25) is 0 Å². The summed E-state index contributed by atoms with van der Waals surface area (Å²) in [6, 6.07) is 3.80. The van der Waals surface area contributed by atoms with Crippen molar-refractivity contribution in [2.24, 2.45) is 0 Å². The quantitative estimate of drug-likeness (QED) is 0.853. The van der Waals surface area contributed by atoms with Gasteiger partial charge in [0.05, 0.1) is 12.8 Å². The molecule has 1 aromatic carbocycles. The molecule has 1 heterocycles. The van der Waals surface area contributed by atoms with Crippen molar-refractivity contribution in [3.8, 4) is 0 Å². The van der Waals surface area contributed by atoms with Gasteiger partial charge < -0.3 is 10.1 Å². The number of hydrogen-bond acceptors (Lipinski definition) is 2. The van der Waals surface area contributed by atoms with Crippen molar-refractivity contribution in [3.05, 3.63) is 42.2 Å². The van der Waals surface area contributed by atoms with Crippen molar-refractivity contribution in [2.45, 2.75) is 18.9 Å². The van der Waals surface area contributed by atoms with Gasteiger partial charge in [-0.2, -0.15) is 0 Å². The van der Waals surface area contributed by atoms with Crippen LogP contribution in [0.25, 0.3) is 0 Å². The number of para-hydroxylation sites is 1. The average molecular weight is 225 g/mol. The van der Waals surface area contributed by atoms with Crippen LogP contribution in [0.15, 0.2) is 30.5 Å². The van der Waals surface area contributed by atoms with Crippen LogP contribution in [0.2, 0.25) is 0 Å². The normalized spacial score (nSPS) is 19.2. The molecule has 0 saturated carbocycles. The van der Waals surface area contributed by atoms with Crippen LogP contribution < -0.4 is 5.32 Å². The summed E-state index contributed by atoms with van der Waals surface area (Å²) in [5.41, 5.74) is -0.0827. The minimum Gasteiger partial charge on any atom is -0.497 e. The molecule has 4 heteroatoms. The van der Waals surface area contributed by atoms with E-state index in [0.717, 1.165) is 12.8 Å². The maximum atomic E-state index is 13.2. The van der Waals surface area contributed by atoms with Crippen LogP contribution in [-0.4, -0.2) is 12.6 Å². The van der Waals surface area contributed by atoms with Gasteiger partial charge in [0, 0.05) is 0 Å². The zero-order valence-electron chi connectivity index (χ0n) is 8.75. The van der Waals surface area contributed by atoms with Crippen LogP contribution in [0.4, 0.5) is 14.5 Å². The van der Waals surface area contributed by atoms with E-state index in [4.69, 9.17) is 4.74 Å². The highest BCUT2D eigenvalue weighted by molar-refractivity contribution is 5.46. The van der Waals surface area contributed by atoms with E-state index >= 15 is 0 Å². The fraction of sp³-hybridized carbons (Fsp3) is 0.333. The first-order valence-corrected chi connectivity index (χ1v) is 5.26. The number of hydrogen-bond donors (Lipinski definition) is 1. The topological polar surface area (TPSA) is 21.3 Å². The molecular weight excluding hydrogens is 212 g/mol. The minimum absolute atomic E-state index is 0.0241. The Bertz CT molecular complexity index is 372. The molecule has 16 heavy (non-hydrogen) atoms. The van der Waals surface area contributed by atoms with Gasteiger partial charge in [-0.05, 0) is 31.1 Å². The lowest BCUT2D eigenvalue weighted by Gasteiger charge is -2.20. The second-order valence-corrected chi connectivity index (χ2v) is 3.68. The Kier molecular flexibility index (Phi) is 3.39. The van der Waals surface area contributed by atoms with Gasteiger partial charge >= 0.3 is 0 Å². The van der Waals surface area contributed by atoms with E-state index in [2.05, 4.69) is 5.32 Å². The molecule has 0 aromatic heterocycles. The average Bonchev–Trinajstić information content (AvgIpc) is 2.30. The zero-order valence-corrected chi connectivity index (χ0v) is 8.75. The van der Waals surface area contributed by atoms with Crippen LogP contribution in [0, 0.1) is 11.6 Å². The molecule has 2 rings (SSSR count). The number of ether oxygens (including phenoxy) is 1. The lowest BCUT2D eigenvalue weighted by Crippen LogP contribution is -2.23. The summed E-state index contributed by atoms with van der Waals surface area (Å²) in [7, 11) is 0. The molecule has 1 unspecified atom stereocenters. The lowest BCUT2D eigenvalue weighted by atomic mass is 10.1. The summed E-state index contributed by atoms with van der Waals surface area (Å²) in [4.78, 5) is 0. The largest absolute Gasteiger partial charge is 0.497 e. The third-order valence-electron chi connectivity index (χ3n) is 2.49. The van der Waals surface area contributed by atoms with E-state index in [0.29, 0.717) is 6.54 Å². The molecule has 0 bridgehead atoms. The maximum absolute atomic E-state index is 13.2. The second kappa shape index (κ2) is 4.96. The molecule has 1 aliphatic rings. The molecule has 1 aliphatic heterocycles. The summed E-state index contributed by atoms with van der Waals surface area (Å²) in [5.74, 6) is -1.15. The molecule has 0 spiro atoms. The summed E-state index contributed by atoms with van der Waals surface area (Å²) < 4.78 is 31.8. The van der Waals surface area contributed by atoms with Crippen molar-refractivity contribution in [3.63, 3.8) is 0 Å². The van der Waals surface area contributed by atoms with Crippen molar-refractivity contribution in [1.82, 2.24) is 0 Å². The SMILES string of the molecule is Fc1cccc(F)c1NCC1CCC=CO1. The standard InChI is InChI=1S/C12H13F2NO/c13-10-5-3-6-11(14)12(10)15-8-9-4-1-2-7-16-9/h2-3,5-7,9,15H,1,4,8H2. The summed E-state index contributed by atoms with van der Waals surface area (Å²) in [6.45, 7) is 0.405. The predicted molar refractivity (Wildman–Crippen MR) is 58.1 cm³/mol. The van der Waals surface area contributed by atoms with E-state index in [-0.39, 0.29) is 11.8 Å². The highest BCUT2D eigenvalue weighted by Gasteiger charge is 2.13. The van der Waals surface area contributed by atoms with Gasteiger partial charge in [0.25, 0.3) is 0 Å². The Labute approximate surface area is 92.9 Å². The van der Waals surface area contributed by atoms with Crippen LogP contribution in [-0.2, 0) is 4.74 Å². The van der Waals surface area contributed by atoms with Crippen LogP contribution in [0.5, 0.6) is 0 Å². The molecule has 0 amide bonds. The number of benzene rings is 1. The zero-order chi connectivity index (χ0) is 11.4. The summed E-state index contributed by atoms with van der Waals surface area (Å²) >= 11 is 0. The van der Waals surface area contributed by atoms with Gasteiger partial charge in [0.1, 0.15) is 23.4 Å². The van der Waals surface area contributed by atoms with Crippen LogP contribution in [0.1, 0.15) is 12.8 Å². The molecule has 0 radical (unpaired) electrons. The summed E-state index contributed by atoms with van der Waals surface area (Å²) in [6.07, 6.45) is 5.34. The lowest BCUT2D eigenvalue weighted by molar-refractivity contribution is 0.135. The predicted octanol–water partition coefficient (Wildman–Crippen LogP) is 3.07. The number of anilines is 1. The molecule has 1 aromatic rings. The molecule has 86 valence electrons. The maximum Gasteiger partial charge on any atom is 0.149 e. The Morgan fingerprint density at radius 1 is 1.31 bits per heavy atom. The third-order valence-corrected chi connectivity index (χ3v) is 2.49. The second-order valence-electron chi connectivity index (χ2n) is 3.68. The molecule has 0 saturated heterocycles. The summed E-state index contributed by atoms with van der Waals surface area (Å²) in [5, 5.41) is 2.74. The van der Waals surface area contributed by atoms with E-state index in [1.54, 1.807) is 6.26 Å². The minimum atomic E-state index is -0.577. The van der Waals surface area contributed by atoms with Crippen molar-refractivity contribution in [1.29, 1.82) is 0 Å². The number of halogens is 2. The van der Waals surface area contributed by atoms with Crippen molar-refractivity contribution < 1.29 is 13.5 Å². The Morgan fingerprint density at radius 2 is 2.06 bits per heavy atom. The first-order chi connectivity index (χ1) is 7.77. The Morgan fingerprint density at radius 3 is 2.69 bits per heavy atom. The number of rotatable bonds is 3.